The topological polar surface area (TPSA) is 68.8 Å². The largest absolute Gasteiger partial charge is 0.444 e. The van der Waals surface area contributed by atoms with Crippen molar-refractivity contribution < 1.29 is 19.0 Å². The van der Waals surface area contributed by atoms with Crippen molar-refractivity contribution in [1.29, 1.82) is 0 Å². The molecule has 0 saturated heterocycles. The van der Waals surface area contributed by atoms with Gasteiger partial charge >= 0.3 is 6.09 Å². The van der Waals surface area contributed by atoms with Gasteiger partial charge in [-0.25, -0.2) is 4.79 Å². The van der Waals surface area contributed by atoms with Crippen LogP contribution in [0.15, 0.2) is 0 Å². The summed E-state index contributed by atoms with van der Waals surface area (Å²) in [4.78, 5) is 11.6. The fourth-order valence-corrected chi connectivity index (χ4v) is 2.13. The van der Waals surface area contributed by atoms with Gasteiger partial charge in [0, 0.05) is 32.8 Å². The van der Waals surface area contributed by atoms with Gasteiger partial charge in [0.25, 0.3) is 0 Å². The predicted molar refractivity (Wildman–Crippen MR) is 92.8 cm³/mol. The van der Waals surface area contributed by atoms with E-state index in [1.807, 2.05) is 27.7 Å². The highest BCUT2D eigenvalue weighted by Gasteiger charge is 2.20. The second-order valence-electron chi connectivity index (χ2n) is 7.30. The number of carbonyl (C=O) groups is 1. The summed E-state index contributed by atoms with van der Waals surface area (Å²) < 4.78 is 16.1. The lowest BCUT2D eigenvalue weighted by molar-refractivity contribution is -0.0126. The van der Waals surface area contributed by atoms with Crippen molar-refractivity contribution in [2.75, 3.05) is 33.4 Å². The van der Waals surface area contributed by atoms with Crippen LogP contribution in [0.1, 0.15) is 54.4 Å². The van der Waals surface area contributed by atoms with Gasteiger partial charge in [-0.05, 0) is 54.4 Å². The number of amides is 1. The average Bonchev–Trinajstić information content (AvgIpc) is 2.38. The van der Waals surface area contributed by atoms with E-state index < -0.39 is 5.60 Å². The smallest absolute Gasteiger partial charge is 0.407 e. The molecule has 23 heavy (non-hydrogen) atoms. The molecule has 0 aliphatic heterocycles. The Morgan fingerprint density at radius 3 is 2.35 bits per heavy atom. The Kier molecular flexibility index (Phi) is 10.4. The summed E-state index contributed by atoms with van der Waals surface area (Å²) in [5, 5.41) is 6.25. The van der Waals surface area contributed by atoms with Gasteiger partial charge in [-0.3, -0.25) is 0 Å². The Morgan fingerprint density at radius 2 is 1.83 bits per heavy atom. The van der Waals surface area contributed by atoms with E-state index in [1.165, 1.54) is 0 Å². The van der Waals surface area contributed by atoms with Crippen molar-refractivity contribution in [3.05, 3.63) is 0 Å². The van der Waals surface area contributed by atoms with Crippen LogP contribution in [-0.2, 0) is 14.2 Å². The molecule has 0 aliphatic carbocycles. The van der Waals surface area contributed by atoms with Crippen LogP contribution in [0, 0.1) is 0 Å². The van der Waals surface area contributed by atoms with Crippen LogP contribution < -0.4 is 10.6 Å². The van der Waals surface area contributed by atoms with Crippen molar-refractivity contribution >= 4 is 6.09 Å². The van der Waals surface area contributed by atoms with Crippen LogP contribution in [0.4, 0.5) is 4.79 Å². The van der Waals surface area contributed by atoms with E-state index in [2.05, 4.69) is 24.5 Å². The predicted octanol–water partition coefficient (Wildman–Crippen LogP) is 2.71. The zero-order valence-corrected chi connectivity index (χ0v) is 16.0. The van der Waals surface area contributed by atoms with E-state index in [9.17, 15) is 4.79 Å². The monoisotopic (exact) mass is 332 g/mol. The van der Waals surface area contributed by atoms with Gasteiger partial charge in [0.05, 0.1) is 12.2 Å². The number of rotatable bonds is 11. The van der Waals surface area contributed by atoms with Crippen LogP contribution >= 0.6 is 0 Å². The van der Waals surface area contributed by atoms with Crippen molar-refractivity contribution in [1.82, 2.24) is 10.6 Å². The first kappa shape index (κ1) is 22.1. The molecule has 0 bridgehead atoms. The molecule has 1 amide bonds. The zero-order valence-electron chi connectivity index (χ0n) is 16.0. The molecule has 0 spiro atoms. The van der Waals surface area contributed by atoms with Crippen LogP contribution in [0.25, 0.3) is 0 Å². The number of hydrogen-bond donors (Lipinski definition) is 2. The normalized spacial score (nSPS) is 13.7. The fraction of sp³-hybridized carbons (Fsp3) is 0.941. The van der Waals surface area contributed by atoms with Gasteiger partial charge in [-0.15, -0.1) is 0 Å². The summed E-state index contributed by atoms with van der Waals surface area (Å²) in [7, 11) is 1.70. The Hall–Kier alpha value is -0.850. The minimum atomic E-state index is -0.463. The maximum absolute atomic E-state index is 11.6. The molecule has 1 unspecified atom stereocenters. The first-order chi connectivity index (χ1) is 10.6. The molecule has 138 valence electrons. The van der Waals surface area contributed by atoms with E-state index in [-0.39, 0.29) is 17.7 Å². The lowest BCUT2D eigenvalue weighted by atomic mass is 10.1. The molecule has 2 N–H and O–H groups in total. The molecule has 0 radical (unpaired) electrons. The van der Waals surface area contributed by atoms with Crippen molar-refractivity contribution in [3.63, 3.8) is 0 Å². The highest BCUT2D eigenvalue weighted by atomic mass is 16.6. The molecule has 0 heterocycles. The standard InChI is InChI=1S/C17H36N2O4/c1-8-22-17(5,6)13-19-14(12-21-7)10-9-11-18-15(20)23-16(2,3)4/h14,19H,8-13H2,1-7H3,(H,18,20). The first-order valence-corrected chi connectivity index (χ1v) is 8.43. The molecule has 0 aromatic heterocycles. The molecule has 0 fully saturated rings. The van der Waals surface area contributed by atoms with E-state index >= 15 is 0 Å². The average molecular weight is 332 g/mol. The Balaban J connectivity index is 4.03. The third kappa shape index (κ3) is 13.3. The molecule has 0 aromatic carbocycles. The Morgan fingerprint density at radius 1 is 1.17 bits per heavy atom. The fourth-order valence-electron chi connectivity index (χ4n) is 2.13. The van der Waals surface area contributed by atoms with Crippen molar-refractivity contribution in [2.45, 2.75) is 71.6 Å². The molecule has 6 heteroatoms. The number of hydrogen-bond acceptors (Lipinski definition) is 5. The SMILES string of the molecule is CCOC(C)(C)CNC(CCCNC(=O)OC(C)(C)C)COC. The first-order valence-electron chi connectivity index (χ1n) is 8.43. The Labute approximate surface area is 141 Å². The van der Waals surface area contributed by atoms with E-state index in [0.29, 0.717) is 19.8 Å². The van der Waals surface area contributed by atoms with Crippen LogP contribution in [0.3, 0.4) is 0 Å². The summed E-state index contributed by atoms with van der Waals surface area (Å²) in [6.07, 6.45) is 1.40. The number of nitrogens with one attached hydrogen (secondary N) is 2. The minimum Gasteiger partial charge on any atom is -0.444 e. The minimum absolute atomic E-state index is 0.199. The summed E-state index contributed by atoms with van der Waals surface area (Å²) in [6.45, 7) is 14.4. The van der Waals surface area contributed by atoms with Gasteiger partial charge < -0.3 is 24.8 Å². The summed E-state index contributed by atoms with van der Waals surface area (Å²) >= 11 is 0. The van der Waals surface area contributed by atoms with E-state index in [0.717, 1.165) is 19.4 Å². The lowest BCUT2D eigenvalue weighted by Gasteiger charge is -2.28. The maximum atomic E-state index is 11.6. The molecular formula is C17H36N2O4. The third-order valence-corrected chi connectivity index (χ3v) is 3.12. The second kappa shape index (κ2) is 10.8. The number of ether oxygens (including phenoxy) is 3. The third-order valence-electron chi connectivity index (χ3n) is 3.12. The quantitative estimate of drug-likeness (QED) is 0.569. The number of carbonyl (C=O) groups excluding carboxylic acids is 1. The van der Waals surface area contributed by atoms with Gasteiger partial charge in [0.15, 0.2) is 0 Å². The molecular weight excluding hydrogens is 296 g/mol. The van der Waals surface area contributed by atoms with Crippen molar-refractivity contribution in [2.24, 2.45) is 0 Å². The molecule has 0 rings (SSSR count). The highest BCUT2D eigenvalue weighted by Crippen LogP contribution is 2.09. The summed E-state index contributed by atoms with van der Waals surface area (Å²) in [6, 6.07) is 0.236. The van der Waals surface area contributed by atoms with Crippen LogP contribution in [0.2, 0.25) is 0 Å². The number of methoxy groups -OCH3 is 1. The Bertz CT molecular complexity index is 327. The number of alkyl carbamates (subject to hydrolysis) is 1. The van der Waals surface area contributed by atoms with Gasteiger partial charge in [-0.2, -0.15) is 0 Å². The van der Waals surface area contributed by atoms with Gasteiger partial charge in [-0.1, -0.05) is 0 Å². The van der Waals surface area contributed by atoms with Gasteiger partial charge in [0.1, 0.15) is 5.60 Å². The maximum Gasteiger partial charge on any atom is 0.407 e. The zero-order chi connectivity index (χ0) is 17.9. The van der Waals surface area contributed by atoms with Crippen molar-refractivity contribution in [3.8, 4) is 0 Å². The summed E-state index contributed by atoms with van der Waals surface area (Å²) in [5.41, 5.74) is -0.662. The highest BCUT2D eigenvalue weighted by molar-refractivity contribution is 5.67. The molecule has 0 aliphatic rings. The summed E-state index contributed by atoms with van der Waals surface area (Å²) in [5.74, 6) is 0. The van der Waals surface area contributed by atoms with E-state index in [1.54, 1.807) is 7.11 Å². The second-order valence-corrected chi connectivity index (χ2v) is 7.30. The van der Waals surface area contributed by atoms with E-state index in [4.69, 9.17) is 14.2 Å². The van der Waals surface area contributed by atoms with Crippen LogP contribution in [0.5, 0.6) is 0 Å². The van der Waals surface area contributed by atoms with Gasteiger partial charge in [0.2, 0.25) is 0 Å². The molecule has 6 nitrogen and oxygen atoms in total. The van der Waals surface area contributed by atoms with Crippen LogP contribution in [-0.4, -0.2) is 56.8 Å². The lowest BCUT2D eigenvalue weighted by Crippen LogP contribution is -2.44. The molecule has 1 atom stereocenters. The molecule has 0 aromatic rings. The molecule has 0 saturated carbocycles.